The van der Waals surface area contributed by atoms with Crippen LogP contribution in [0, 0.1) is 26.7 Å². The molecule has 2 heterocycles. The maximum absolute atomic E-state index is 5.39. The molecule has 0 radical (unpaired) electrons. The van der Waals surface area contributed by atoms with Crippen LogP contribution in [-0.2, 0) is 11.8 Å². The number of pyridine rings is 1. The molecule has 3 aromatic carbocycles. The zero-order valence-corrected chi connectivity index (χ0v) is 22.6. The molecule has 0 aliphatic heterocycles. The first-order valence-electron chi connectivity index (χ1n) is 12.4. The molecule has 0 aliphatic carbocycles. The van der Waals surface area contributed by atoms with Gasteiger partial charge >= 0.3 is 0 Å². The third-order valence-corrected chi connectivity index (χ3v) is 8.27. The van der Waals surface area contributed by atoms with Crippen molar-refractivity contribution in [3.8, 4) is 11.3 Å². The second kappa shape index (κ2) is 8.20. The van der Waals surface area contributed by atoms with Gasteiger partial charge in [-0.2, -0.15) is 0 Å². The summed E-state index contributed by atoms with van der Waals surface area (Å²) in [5.74, 6) is 0.630. The second-order valence-electron chi connectivity index (χ2n) is 11.4. The van der Waals surface area contributed by atoms with Crippen LogP contribution in [0.25, 0.3) is 43.0 Å². The highest BCUT2D eigenvalue weighted by molar-refractivity contribution is 7.20. The molecule has 0 saturated heterocycles. The third-order valence-electron chi connectivity index (χ3n) is 6.94. The van der Waals surface area contributed by atoms with E-state index in [9.17, 15) is 0 Å². The van der Waals surface area contributed by atoms with E-state index >= 15 is 0 Å². The lowest BCUT2D eigenvalue weighted by molar-refractivity contribution is 0.596. The van der Waals surface area contributed by atoms with Crippen LogP contribution in [0.5, 0.6) is 0 Å². The Labute approximate surface area is 207 Å². The Balaban J connectivity index is 1.93. The maximum atomic E-state index is 5.39. The van der Waals surface area contributed by atoms with Crippen molar-refractivity contribution >= 4 is 43.1 Å². The predicted octanol–water partition coefficient (Wildman–Crippen LogP) is 9.69. The summed E-state index contributed by atoms with van der Waals surface area (Å²) in [4.78, 5) is 6.88. The molecular weight excluding hydrogens is 430 g/mol. The molecule has 0 amide bonds. The average Bonchev–Trinajstić information content (AvgIpc) is 3.06. The van der Waals surface area contributed by atoms with E-state index in [0.717, 1.165) is 17.6 Å². The van der Waals surface area contributed by atoms with Crippen LogP contribution in [0.3, 0.4) is 0 Å². The quantitative estimate of drug-likeness (QED) is 0.258. The van der Waals surface area contributed by atoms with Crippen molar-refractivity contribution in [3.63, 3.8) is 0 Å². The van der Waals surface area contributed by atoms with E-state index < -0.39 is 0 Å². The second-order valence-corrected chi connectivity index (χ2v) is 12.5. The van der Waals surface area contributed by atoms with Gasteiger partial charge in [-0.05, 0) is 89.8 Å². The van der Waals surface area contributed by atoms with Gasteiger partial charge in [0.1, 0.15) is 0 Å². The minimum atomic E-state index is 0.0469. The lowest BCUT2D eigenvalue weighted by atomic mass is 9.82. The van der Waals surface area contributed by atoms with E-state index in [1.54, 1.807) is 0 Å². The number of aromatic nitrogens is 1. The van der Waals surface area contributed by atoms with Crippen molar-refractivity contribution < 1.29 is 0 Å². The SMILES string of the molecule is Cc1cc(C)c2c(c1)nc(-c1cc(C(C)(C)C)c3ccccc3c1)c1c(C)c(CC(C)C)sc12. The van der Waals surface area contributed by atoms with Crippen LogP contribution in [-0.4, -0.2) is 4.98 Å². The molecule has 5 rings (SSSR count). The number of rotatable bonds is 3. The third kappa shape index (κ3) is 3.82. The van der Waals surface area contributed by atoms with Crippen molar-refractivity contribution in [1.29, 1.82) is 0 Å². The van der Waals surface area contributed by atoms with E-state index in [4.69, 9.17) is 4.98 Å². The Bertz CT molecular complexity index is 1560. The maximum Gasteiger partial charge on any atom is 0.0799 e. The Morgan fingerprint density at radius 2 is 1.65 bits per heavy atom. The smallest absolute Gasteiger partial charge is 0.0799 e. The number of fused-ring (bicyclic) bond motifs is 4. The van der Waals surface area contributed by atoms with Gasteiger partial charge in [0.2, 0.25) is 0 Å². The summed E-state index contributed by atoms with van der Waals surface area (Å²) >= 11 is 1.98. The molecule has 0 unspecified atom stereocenters. The predicted molar refractivity (Wildman–Crippen MR) is 152 cm³/mol. The van der Waals surface area contributed by atoms with Gasteiger partial charge in [-0.1, -0.05) is 65.0 Å². The van der Waals surface area contributed by atoms with E-state index in [2.05, 4.69) is 104 Å². The molecule has 0 N–H and O–H groups in total. The summed E-state index contributed by atoms with van der Waals surface area (Å²) in [6, 6.07) is 18.1. The number of nitrogens with zero attached hydrogens (tertiary/aromatic N) is 1. The molecule has 1 nitrogen and oxygen atoms in total. The van der Waals surface area contributed by atoms with Crippen molar-refractivity contribution in [2.75, 3.05) is 0 Å². The number of benzene rings is 3. The number of aryl methyl sites for hydroxylation is 3. The monoisotopic (exact) mass is 465 g/mol. The summed E-state index contributed by atoms with van der Waals surface area (Å²) in [6.45, 7) is 18.3. The highest BCUT2D eigenvalue weighted by Crippen LogP contribution is 2.44. The number of hydrogen-bond acceptors (Lipinski definition) is 2. The van der Waals surface area contributed by atoms with Gasteiger partial charge in [0.05, 0.1) is 11.2 Å². The molecule has 0 aliphatic rings. The molecule has 0 atom stereocenters. The fraction of sp³-hybridized carbons (Fsp3) is 0.344. The van der Waals surface area contributed by atoms with Crippen LogP contribution < -0.4 is 0 Å². The van der Waals surface area contributed by atoms with Crippen molar-refractivity contribution in [2.45, 2.75) is 67.2 Å². The van der Waals surface area contributed by atoms with Crippen molar-refractivity contribution in [2.24, 2.45) is 5.92 Å². The van der Waals surface area contributed by atoms with Gasteiger partial charge in [-0.15, -0.1) is 11.3 Å². The molecule has 0 bridgehead atoms. The van der Waals surface area contributed by atoms with Gasteiger partial charge in [0, 0.05) is 25.9 Å². The van der Waals surface area contributed by atoms with Gasteiger partial charge in [-0.3, -0.25) is 0 Å². The summed E-state index contributed by atoms with van der Waals surface area (Å²) in [5.41, 5.74) is 8.90. The Kier molecular flexibility index (Phi) is 5.56. The van der Waals surface area contributed by atoms with Gasteiger partial charge in [0.25, 0.3) is 0 Å². The van der Waals surface area contributed by atoms with Crippen LogP contribution in [0.1, 0.15) is 61.7 Å². The molecule has 5 aromatic rings. The van der Waals surface area contributed by atoms with E-state index in [1.807, 2.05) is 11.3 Å². The minimum absolute atomic E-state index is 0.0469. The summed E-state index contributed by atoms with van der Waals surface area (Å²) in [5, 5.41) is 5.29. The topological polar surface area (TPSA) is 12.9 Å². The molecule has 174 valence electrons. The van der Waals surface area contributed by atoms with E-state index in [1.165, 1.54) is 58.9 Å². The van der Waals surface area contributed by atoms with Crippen molar-refractivity contribution in [3.05, 3.63) is 75.7 Å². The fourth-order valence-electron chi connectivity index (χ4n) is 5.37. The Hall–Kier alpha value is -2.71. The van der Waals surface area contributed by atoms with Crippen LogP contribution in [0.4, 0.5) is 0 Å². The lowest BCUT2D eigenvalue weighted by Crippen LogP contribution is -2.12. The van der Waals surface area contributed by atoms with Gasteiger partial charge < -0.3 is 0 Å². The largest absolute Gasteiger partial charge is 0.247 e. The summed E-state index contributed by atoms with van der Waals surface area (Å²) in [7, 11) is 0. The first-order valence-corrected chi connectivity index (χ1v) is 13.2. The summed E-state index contributed by atoms with van der Waals surface area (Å²) in [6.07, 6.45) is 1.11. The Morgan fingerprint density at radius 3 is 2.35 bits per heavy atom. The van der Waals surface area contributed by atoms with Crippen LogP contribution in [0.2, 0.25) is 0 Å². The number of thiophene rings is 1. The standard InChI is InChI=1S/C32H35NS/c1-18(2)13-27-21(5)29-30(33-26-15-19(3)14-20(4)28(26)31(29)34-27)23-16-22-11-9-10-12-24(22)25(17-23)32(6,7)8/h9-12,14-18H,13H2,1-8H3. The molecule has 34 heavy (non-hydrogen) atoms. The minimum Gasteiger partial charge on any atom is -0.247 e. The first kappa shape index (κ1) is 23.1. The summed E-state index contributed by atoms with van der Waals surface area (Å²) < 4.78 is 1.40. The van der Waals surface area contributed by atoms with E-state index in [-0.39, 0.29) is 5.41 Å². The number of hydrogen-bond donors (Lipinski definition) is 0. The first-order chi connectivity index (χ1) is 16.0. The van der Waals surface area contributed by atoms with Gasteiger partial charge in [-0.25, -0.2) is 4.98 Å². The highest BCUT2D eigenvalue weighted by Gasteiger charge is 2.23. The highest BCUT2D eigenvalue weighted by atomic mass is 32.1. The van der Waals surface area contributed by atoms with Crippen LogP contribution in [0.15, 0.2) is 48.5 Å². The van der Waals surface area contributed by atoms with Crippen LogP contribution >= 0.6 is 11.3 Å². The zero-order valence-electron chi connectivity index (χ0n) is 21.8. The fourth-order valence-corrected chi connectivity index (χ4v) is 7.01. The zero-order chi connectivity index (χ0) is 24.4. The normalized spacial score (nSPS) is 12.5. The Morgan fingerprint density at radius 1 is 0.912 bits per heavy atom. The lowest BCUT2D eigenvalue weighted by Gasteiger charge is -2.23. The van der Waals surface area contributed by atoms with Crippen molar-refractivity contribution in [1.82, 2.24) is 4.98 Å². The molecule has 0 fully saturated rings. The molecular formula is C32H35NS. The molecule has 2 heteroatoms. The molecule has 0 spiro atoms. The average molecular weight is 466 g/mol. The van der Waals surface area contributed by atoms with E-state index in [0.29, 0.717) is 5.92 Å². The molecule has 0 saturated carbocycles. The molecule has 2 aromatic heterocycles. The van der Waals surface area contributed by atoms with Gasteiger partial charge in [0.15, 0.2) is 0 Å².